The lowest BCUT2D eigenvalue weighted by Gasteiger charge is -2.19. The predicted octanol–water partition coefficient (Wildman–Crippen LogP) is 4.02. The van der Waals surface area contributed by atoms with Crippen LogP contribution >= 0.6 is 0 Å². The maximum absolute atomic E-state index is 2.58. The summed E-state index contributed by atoms with van der Waals surface area (Å²) in [6.07, 6.45) is 0. The van der Waals surface area contributed by atoms with Gasteiger partial charge in [-0.05, 0) is 110 Å². The van der Waals surface area contributed by atoms with Crippen molar-refractivity contribution in [2.24, 2.45) is 0 Å². The van der Waals surface area contributed by atoms with E-state index < -0.39 is 0 Å². The van der Waals surface area contributed by atoms with Gasteiger partial charge in [0.1, 0.15) is 54.9 Å². The van der Waals surface area contributed by atoms with E-state index in [0.29, 0.717) is 0 Å². The third-order valence-electron chi connectivity index (χ3n) is 15.5. The van der Waals surface area contributed by atoms with Crippen LogP contribution in [0.3, 0.4) is 0 Å². The second-order valence-electron chi connectivity index (χ2n) is 19.1. The minimum atomic E-state index is 1.15. The van der Waals surface area contributed by atoms with E-state index >= 15 is 0 Å². The smallest absolute Gasteiger partial charge is 0.141 e. The van der Waals surface area contributed by atoms with Crippen molar-refractivity contribution in [3.8, 4) is 67.0 Å². The summed E-state index contributed by atoms with van der Waals surface area (Å²) in [5, 5.41) is 5.20. The summed E-state index contributed by atoms with van der Waals surface area (Å²) >= 11 is 0. The zero-order valence-corrected chi connectivity index (χ0v) is 40.4. The highest BCUT2D eigenvalue weighted by Gasteiger charge is 2.25. The molecule has 2 aromatic heterocycles. The molecule has 0 fully saturated rings. The van der Waals surface area contributed by atoms with Crippen LogP contribution in [0.4, 0.5) is 0 Å². The number of rotatable bonds is 7. The molecule has 0 unspecified atom stereocenters. The molecule has 0 radical (unpaired) electrons. The lowest BCUT2D eigenvalue weighted by atomic mass is 9.64. The quantitative estimate of drug-likeness (QED) is 0.215. The molecule has 0 spiro atoms. The van der Waals surface area contributed by atoms with Gasteiger partial charge in [-0.25, -0.2) is 0 Å². The van der Waals surface area contributed by atoms with Crippen LogP contribution < -0.4 is 38.2 Å². The van der Waals surface area contributed by atoms with E-state index in [1.54, 1.807) is 0 Å². The molecular weight excluding hydrogens is 824 g/mol. The number of nitrogens with zero attached hydrogens (tertiary/aromatic N) is 2. The van der Waals surface area contributed by atoms with Gasteiger partial charge >= 0.3 is 0 Å². The Morgan fingerprint density at radius 3 is 1.19 bits per heavy atom. The lowest BCUT2D eigenvalue weighted by molar-refractivity contribution is 1.18. The first-order chi connectivity index (χ1) is 33.7. The number of hydrogen-bond donors (Lipinski definition) is 0. The molecule has 0 saturated carbocycles. The zero-order valence-electron chi connectivity index (χ0n) is 40.4. The molecule has 0 aliphatic rings. The Morgan fingerprint density at radius 2 is 0.638 bits per heavy atom. The summed E-state index contributed by atoms with van der Waals surface area (Å²) < 4.78 is 5.03. The second kappa shape index (κ2) is 16.8. The first-order valence-electron chi connectivity index (χ1n) is 24.3. The van der Waals surface area contributed by atoms with Gasteiger partial charge in [0.05, 0.1) is 11.0 Å². The van der Waals surface area contributed by atoms with E-state index in [0.717, 1.165) is 5.69 Å². The molecule has 10 aromatic carbocycles. The molecule has 69 heavy (non-hydrogen) atoms. The van der Waals surface area contributed by atoms with Gasteiger partial charge in [-0.1, -0.05) is 184 Å². The minimum absolute atomic E-state index is 1.15. The molecule has 318 valence electrons. The van der Waals surface area contributed by atoms with Gasteiger partial charge in [0.15, 0.2) is 0 Å². The molecular formula is C60H47B7N2. The van der Waals surface area contributed by atoms with Gasteiger partial charge in [0, 0.05) is 38.6 Å². The second-order valence-corrected chi connectivity index (χ2v) is 19.1. The molecule has 9 heteroatoms. The third kappa shape index (κ3) is 6.89. The molecule has 12 rings (SSSR count). The van der Waals surface area contributed by atoms with Crippen molar-refractivity contribution < 1.29 is 0 Å². The molecule has 2 heterocycles. The van der Waals surface area contributed by atoms with Gasteiger partial charge in [-0.2, -0.15) is 0 Å². The van der Waals surface area contributed by atoms with Crippen LogP contribution in [0, 0.1) is 0 Å². The van der Waals surface area contributed by atoms with Gasteiger partial charge < -0.3 is 9.13 Å². The first-order valence-corrected chi connectivity index (χ1v) is 24.3. The van der Waals surface area contributed by atoms with Crippen molar-refractivity contribution in [3.05, 3.63) is 200 Å². The van der Waals surface area contributed by atoms with E-state index in [1.165, 1.54) is 143 Å². The van der Waals surface area contributed by atoms with Gasteiger partial charge in [0.2, 0.25) is 0 Å². The van der Waals surface area contributed by atoms with Crippen molar-refractivity contribution in [1.82, 2.24) is 9.13 Å². The number of hydrogen-bond acceptors (Lipinski definition) is 0. The fraction of sp³-hybridized carbons (Fsp3) is 0. The topological polar surface area (TPSA) is 9.86 Å². The molecule has 0 N–H and O–H groups in total. The standard InChI is InChI=1S/C60H47B7N2/c61-52-49(42-26-30-48-46(33-42)45-32-41(36-15-8-3-9-16-36)25-29-47(45)68(48)44-18-10-17-40(31-44)35-13-6-2-7-14-35)53(62)57(66)59-50(52)51-54(63)55(64)56(65)58(67)60(51)69(59)43-27-23-39(24-28-43)38-21-19-37(20-22-38)34-11-4-1-5-12-34/h1-33H,61-67H2. The summed E-state index contributed by atoms with van der Waals surface area (Å²) in [6.45, 7) is 0. The summed E-state index contributed by atoms with van der Waals surface area (Å²) in [4.78, 5) is 0. The average molecular weight is 872 g/mol. The van der Waals surface area contributed by atoms with Crippen LogP contribution in [0.1, 0.15) is 0 Å². The fourth-order valence-corrected chi connectivity index (χ4v) is 11.4. The summed E-state index contributed by atoms with van der Waals surface area (Å²) in [5.74, 6) is 0. The first kappa shape index (κ1) is 42.6. The van der Waals surface area contributed by atoms with E-state index in [2.05, 4.69) is 264 Å². The van der Waals surface area contributed by atoms with Crippen LogP contribution in [0.2, 0.25) is 0 Å². The van der Waals surface area contributed by atoms with Crippen molar-refractivity contribution in [2.75, 3.05) is 0 Å². The average Bonchev–Trinajstić information content (AvgIpc) is 3.94. The van der Waals surface area contributed by atoms with Crippen LogP contribution in [0.5, 0.6) is 0 Å². The Kier molecular flexibility index (Phi) is 10.4. The summed E-state index contributed by atoms with van der Waals surface area (Å²) in [7, 11) is 16.3. The SMILES string of the molecule is Bc1c(B)c(B)c2c(c1B)c1c(B)c(-c3ccc4c(c3)c3cc(-c5ccccc5)ccc3n4-c3cccc(-c4ccccc4)c3)c(B)c(B)c1n2-c1ccc(-c2ccc(-c3ccccc3)cc2)cc1. The highest BCUT2D eigenvalue weighted by Crippen LogP contribution is 2.39. The molecule has 0 aliphatic carbocycles. The Morgan fingerprint density at radius 1 is 0.246 bits per heavy atom. The number of fused-ring (bicyclic) bond motifs is 6. The van der Waals surface area contributed by atoms with Crippen LogP contribution in [-0.4, -0.2) is 64.1 Å². The predicted molar refractivity (Wildman–Crippen MR) is 320 cm³/mol. The van der Waals surface area contributed by atoms with Crippen molar-refractivity contribution in [1.29, 1.82) is 0 Å². The number of aromatic nitrogens is 2. The zero-order chi connectivity index (χ0) is 47.1. The highest BCUT2D eigenvalue weighted by molar-refractivity contribution is 6.69. The number of benzene rings is 10. The molecule has 0 bridgehead atoms. The highest BCUT2D eigenvalue weighted by atomic mass is 15.0. The summed E-state index contributed by atoms with van der Waals surface area (Å²) in [5.41, 5.74) is 29.0. The molecule has 0 saturated heterocycles. The van der Waals surface area contributed by atoms with Crippen molar-refractivity contribution in [3.63, 3.8) is 0 Å². The monoisotopic (exact) mass is 872 g/mol. The maximum Gasteiger partial charge on any atom is 0.141 e. The van der Waals surface area contributed by atoms with E-state index in [1.807, 2.05) is 0 Å². The van der Waals surface area contributed by atoms with Gasteiger partial charge in [-0.3, -0.25) is 0 Å². The molecule has 0 aliphatic heterocycles. The molecule has 12 aromatic rings. The Balaban J connectivity index is 1.06. The van der Waals surface area contributed by atoms with E-state index in [9.17, 15) is 0 Å². The van der Waals surface area contributed by atoms with Gasteiger partial charge in [0.25, 0.3) is 0 Å². The molecule has 0 atom stereocenters. The molecule has 0 amide bonds. The van der Waals surface area contributed by atoms with Crippen LogP contribution in [-0.2, 0) is 0 Å². The lowest BCUT2D eigenvalue weighted by Crippen LogP contribution is -2.48. The normalized spacial score (nSPS) is 11.6. The van der Waals surface area contributed by atoms with E-state index in [4.69, 9.17) is 0 Å². The maximum atomic E-state index is 2.58. The largest absolute Gasteiger partial charge is 0.310 e. The molecule has 2 nitrogen and oxygen atoms in total. The fourth-order valence-electron chi connectivity index (χ4n) is 11.4. The van der Waals surface area contributed by atoms with Crippen LogP contribution in [0.15, 0.2) is 200 Å². The Bertz CT molecular complexity index is 3990. The van der Waals surface area contributed by atoms with Crippen molar-refractivity contribution in [2.45, 2.75) is 0 Å². The minimum Gasteiger partial charge on any atom is -0.310 e. The van der Waals surface area contributed by atoms with Crippen LogP contribution in [0.25, 0.3) is 111 Å². The van der Waals surface area contributed by atoms with Gasteiger partial charge in [-0.15, -0.1) is 5.46 Å². The Labute approximate surface area is 410 Å². The van der Waals surface area contributed by atoms with Crippen molar-refractivity contribution >= 4 is 137 Å². The Hall–Kier alpha value is -7.75. The van der Waals surface area contributed by atoms with E-state index in [-0.39, 0.29) is 0 Å². The third-order valence-corrected chi connectivity index (χ3v) is 15.5. The summed E-state index contributed by atoms with van der Waals surface area (Å²) in [6, 6.07) is 73.5.